The number of pyridine rings is 1. The molecule has 3 aromatic carbocycles. The lowest BCUT2D eigenvalue weighted by Gasteiger charge is -2.23. The maximum Gasteiger partial charge on any atom is 0.313 e. The first-order chi connectivity index (χ1) is 22.9. The van der Waals surface area contributed by atoms with Gasteiger partial charge in [0.1, 0.15) is 5.75 Å². The van der Waals surface area contributed by atoms with Crippen molar-refractivity contribution in [2.45, 2.75) is 47.0 Å². The highest BCUT2D eigenvalue weighted by Gasteiger charge is 2.18. The third-order valence-electron chi connectivity index (χ3n) is 7.17. The molecule has 5 rings (SSSR count). The number of carbonyl (C=O) groups excluding carboxylic acids is 2. The fraction of sp³-hybridized carbons (Fsp3) is 0.361. The van der Waals surface area contributed by atoms with Crippen molar-refractivity contribution in [3.8, 4) is 23.0 Å². The van der Waals surface area contributed by atoms with Crippen LogP contribution in [0.4, 0.5) is 10.1 Å². The molecule has 3 N–H and O–H groups in total. The summed E-state index contributed by atoms with van der Waals surface area (Å²) in [4.78, 5) is 29.1. The largest absolute Gasteiger partial charge is 0.493 e. The lowest BCUT2D eigenvalue weighted by molar-refractivity contribution is -0.136. The van der Waals surface area contributed by atoms with E-state index in [2.05, 4.69) is 36.9 Å². The Kier molecular flexibility index (Phi) is 15.4. The second kappa shape index (κ2) is 19.4. The van der Waals surface area contributed by atoms with E-state index in [4.69, 9.17) is 14.2 Å². The van der Waals surface area contributed by atoms with Gasteiger partial charge in [0.05, 0.1) is 19.2 Å². The Hall–Kier alpha value is -4.22. The highest BCUT2D eigenvalue weighted by molar-refractivity contribution is 9.10. The van der Waals surface area contributed by atoms with Gasteiger partial charge >= 0.3 is 11.8 Å². The van der Waals surface area contributed by atoms with Crippen molar-refractivity contribution in [1.82, 2.24) is 15.6 Å². The molecule has 1 aliphatic heterocycles. The van der Waals surface area contributed by atoms with E-state index < -0.39 is 17.6 Å². The second-order valence-electron chi connectivity index (χ2n) is 10.1. The van der Waals surface area contributed by atoms with Crippen molar-refractivity contribution in [1.29, 1.82) is 0 Å². The van der Waals surface area contributed by atoms with Gasteiger partial charge in [-0.25, -0.2) is 4.39 Å². The number of piperidine rings is 1. The predicted molar refractivity (Wildman–Crippen MR) is 188 cm³/mol. The SMILES string of the molecule is CC.CC.COc1cc2c(Oc3ccc(NC(=O)C(=O)NCCc4ccccc4Br)cc3F)ccnc2cc1OCC1CCNCC1. The van der Waals surface area contributed by atoms with Crippen LogP contribution in [0.1, 0.15) is 46.1 Å². The Balaban J connectivity index is 0.00000144. The fourth-order valence-electron chi connectivity index (χ4n) is 4.81. The topological polar surface area (TPSA) is 111 Å². The van der Waals surface area contributed by atoms with Gasteiger partial charge < -0.3 is 30.2 Å². The van der Waals surface area contributed by atoms with E-state index in [1.54, 1.807) is 31.5 Å². The third kappa shape index (κ3) is 10.7. The van der Waals surface area contributed by atoms with E-state index in [-0.39, 0.29) is 18.0 Å². The molecule has 1 aromatic heterocycles. The summed E-state index contributed by atoms with van der Waals surface area (Å²) in [7, 11) is 1.56. The van der Waals surface area contributed by atoms with Gasteiger partial charge in [0, 0.05) is 40.4 Å². The highest BCUT2D eigenvalue weighted by atomic mass is 79.9. The molecule has 0 bridgehead atoms. The molecule has 0 unspecified atom stereocenters. The summed E-state index contributed by atoms with van der Waals surface area (Å²) in [5.74, 6) is -0.548. The zero-order chi connectivity index (χ0) is 34.2. The van der Waals surface area contributed by atoms with Gasteiger partial charge in [-0.1, -0.05) is 61.8 Å². The number of benzene rings is 3. The summed E-state index contributed by atoms with van der Waals surface area (Å²) in [6, 6.07) is 16.7. The summed E-state index contributed by atoms with van der Waals surface area (Å²) in [6.45, 7) is 10.8. The molecule has 0 saturated carbocycles. The number of nitrogens with zero attached hydrogens (tertiary/aromatic N) is 1. The van der Waals surface area contributed by atoms with E-state index in [1.165, 1.54) is 12.1 Å². The standard InChI is InChI=1S/C32H32BrFN4O5.2C2H6/c1-41-29-17-23-26(18-30(29)42-19-20-8-12-35-13-9-20)36-15-11-27(23)43-28-7-6-22(16-25(28)34)38-32(40)31(39)37-14-10-21-4-2-3-5-24(21)33;2*1-2/h2-7,11,15-18,20,35H,8-10,12-14,19H2,1H3,(H,37,39)(H,38,40);2*1-2H3. The van der Waals surface area contributed by atoms with Crippen molar-refractivity contribution in [3.63, 3.8) is 0 Å². The van der Waals surface area contributed by atoms with Crippen molar-refractivity contribution >= 4 is 44.3 Å². The molecule has 4 aromatic rings. The number of fused-ring (bicyclic) bond motifs is 1. The van der Waals surface area contributed by atoms with Crippen molar-refractivity contribution < 1.29 is 28.2 Å². The molecule has 0 aliphatic carbocycles. The fourth-order valence-corrected chi connectivity index (χ4v) is 5.29. The van der Waals surface area contributed by atoms with Crippen LogP contribution in [0.5, 0.6) is 23.0 Å². The first-order valence-corrected chi connectivity index (χ1v) is 16.8. The van der Waals surface area contributed by atoms with E-state index in [0.29, 0.717) is 47.1 Å². The number of amides is 2. The molecule has 11 heteroatoms. The van der Waals surface area contributed by atoms with Crippen LogP contribution in [0.2, 0.25) is 0 Å². The Labute approximate surface area is 284 Å². The van der Waals surface area contributed by atoms with Crippen LogP contribution < -0.4 is 30.2 Å². The normalized spacial score (nSPS) is 12.5. The van der Waals surface area contributed by atoms with Gasteiger partial charge in [-0.2, -0.15) is 0 Å². The zero-order valence-corrected chi connectivity index (χ0v) is 29.2. The molecule has 2 amide bonds. The molecule has 2 heterocycles. The molecule has 0 spiro atoms. The number of aromatic nitrogens is 1. The molecular weight excluding hydrogens is 667 g/mol. The van der Waals surface area contributed by atoms with Gasteiger partial charge in [-0.3, -0.25) is 14.6 Å². The van der Waals surface area contributed by atoms with Gasteiger partial charge in [-0.05, 0) is 74.2 Å². The number of hydrogen-bond donors (Lipinski definition) is 3. The smallest absolute Gasteiger partial charge is 0.313 e. The van der Waals surface area contributed by atoms with E-state index in [1.807, 2.05) is 52.0 Å². The Morgan fingerprint density at radius 3 is 2.38 bits per heavy atom. The van der Waals surface area contributed by atoms with Gasteiger partial charge in [-0.15, -0.1) is 0 Å². The Bertz CT molecular complexity index is 1610. The average molecular weight is 712 g/mol. The van der Waals surface area contributed by atoms with E-state index >= 15 is 4.39 Å². The molecule has 1 fully saturated rings. The number of nitrogens with one attached hydrogen (secondary N) is 3. The average Bonchev–Trinajstić information content (AvgIpc) is 3.11. The lowest BCUT2D eigenvalue weighted by atomic mass is 9.99. The van der Waals surface area contributed by atoms with E-state index in [0.717, 1.165) is 42.0 Å². The van der Waals surface area contributed by atoms with Crippen LogP contribution in [0.3, 0.4) is 0 Å². The van der Waals surface area contributed by atoms with Crippen molar-refractivity contribution in [2.24, 2.45) is 5.92 Å². The van der Waals surface area contributed by atoms with Crippen molar-refractivity contribution in [2.75, 3.05) is 38.7 Å². The van der Waals surface area contributed by atoms with Gasteiger partial charge in [0.2, 0.25) is 0 Å². The second-order valence-corrected chi connectivity index (χ2v) is 11.0. The molecule has 9 nitrogen and oxygen atoms in total. The van der Waals surface area contributed by atoms with Crippen LogP contribution >= 0.6 is 15.9 Å². The molecule has 47 heavy (non-hydrogen) atoms. The molecule has 1 saturated heterocycles. The van der Waals surface area contributed by atoms with Crippen LogP contribution in [-0.2, 0) is 16.0 Å². The molecule has 252 valence electrons. The minimum atomic E-state index is -0.898. The van der Waals surface area contributed by atoms with Crippen LogP contribution in [0, 0.1) is 11.7 Å². The summed E-state index contributed by atoms with van der Waals surface area (Å²) >= 11 is 3.46. The number of rotatable bonds is 10. The molecule has 0 atom stereocenters. The monoisotopic (exact) mass is 710 g/mol. The quantitative estimate of drug-likeness (QED) is 0.145. The molecular formula is C36H44BrFN4O5. The van der Waals surface area contributed by atoms with Crippen molar-refractivity contribution in [3.05, 3.63) is 82.7 Å². The first-order valence-electron chi connectivity index (χ1n) is 16.0. The lowest BCUT2D eigenvalue weighted by Crippen LogP contribution is -2.36. The van der Waals surface area contributed by atoms with Crippen LogP contribution in [-0.4, -0.2) is 50.1 Å². The molecule has 1 aliphatic rings. The number of halogens is 2. The van der Waals surface area contributed by atoms with Crippen LogP contribution in [0.25, 0.3) is 10.9 Å². The minimum absolute atomic E-state index is 0.0615. The zero-order valence-electron chi connectivity index (χ0n) is 27.6. The maximum absolute atomic E-state index is 15.1. The summed E-state index contributed by atoms with van der Waals surface area (Å²) in [5.41, 5.74) is 1.73. The van der Waals surface area contributed by atoms with Gasteiger partial charge in [0.25, 0.3) is 0 Å². The maximum atomic E-state index is 15.1. The van der Waals surface area contributed by atoms with Crippen LogP contribution in [0.15, 0.2) is 71.3 Å². The summed E-state index contributed by atoms with van der Waals surface area (Å²) < 4.78 is 33.6. The predicted octanol–water partition coefficient (Wildman–Crippen LogP) is 7.67. The summed E-state index contributed by atoms with van der Waals surface area (Å²) in [5, 5.41) is 8.96. The minimum Gasteiger partial charge on any atom is -0.493 e. The number of ether oxygens (including phenoxy) is 3. The number of anilines is 1. The van der Waals surface area contributed by atoms with E-state index in [9.17, 15) is 9.59 Å². The highest BCUT2D eigenvalue weighted by Crippen LogP contribution is 2.38. The van der Waals surface area contributed by atoms with Gasteiger partial charge in [0.15, 0.2) is 23.1 Å². The first kappa shape index (κ1) is 37.2. The number of carbonyl (C=O) groups is 2. The number of hydrogen-bond acceptors (Lipinski definition) is 7. The molecule has 0 radical (unpaired) electrons. The Morgan fingerprint density at radius 1 is 0.936 bits per heavy atom. The Morgan fingerprint density at radius 2 is 1.68 bits per heavy atom. The summed E-state index contributed by atoms with van der Waals surface area (Å²) in [6.07, 6.45) is 4.23. The third-order valence-corrected chi connectivity index (χ3v) is 7.95. The number of methoxy groups -OCH3 is 1.